The molecule has 2 heterocycles. The third-order valence-corrected chi connectivity index (χ3v) is 4.42. The van der Waals surface area contributed by atoms with E-state index >= 15 is 0 Å². The van der Waals surface area contributed by atoms with Crippen molar-refractivity contribution >= 4 is 34.4 Å². The molecule has 3 rings (SSSR count). The van der Waals surface area contributed by atoms with E-state index < -0.39 is 11.9 Å². The SMILES string of the molecule is Cc1cc(C(F)(F)F)nc2c1nc(Cc1c(Cl)[c]ccc1Cl)n2C. The zero-order valence-corrected chi connectivity index (χ0v) is 14.2. The van der Waals surface area contributed by atoms with E-state index in [2.05, 4.69) is 16.0 Å². The van der Waals surface area contributed by atoms with Crippen molar-refractivity contribution in [3.05, 3.63) is 57.0 Å². The molecule has 125 valence electrons. The van der Waals surface area contributed by atoms with Crippen molar-refractivity contribution in [2.24, 2.45) is 7.05 Å². The van der Waals surface area contributed by atoms with Gasteiger partial charge in [-0.25, -0.2) is 9.97 Å². The van der Waals surface area contributed by atoms with E-state index in [1.165, 1.54) is 4.57 Å². The zero-order valence-electron chi connectivity index (χ0n) is 12.7. The van der Waals surface area contributed by atoms with Crippen molar-refractivity contribution in [2.75, 3.05) is 0 Å². The van der Waals surface area contributed by atoms with Crippen LogP contribution in [0.2, 0.25) is 10.0 Å². The number of fused-ring (bicyclic) bond motifs is 1. The number of aromatic nitrogens is 3. The second-order valence-electron chi connectivity index (χ2n) is 5.38. The molecule has 0 aliphatic carbocycles. The predicted molar refractivity (Wildman–Crippen MR) is 86.4 cm³/mol. The average Bonchev–Trinajstić information content (AvgIpc) is 2.80. The number of pyridine rings is 1. The standard InChI is InChI=1S/C16H11Cl2F3N3/c1-8-6-12(16(19,20)21)22-15-14(8)23-13(24(15)2)7-9-10(17)4-3-5-11(9)18/h3-4,6H,7H2,1-2H3. The molecular weight excluding hydrogens is 362 g/mol. The number of hydrogen-bond acceptors (Lipinski definition) is 2. The minimum Gasteiger partial charge on any atom is -0.316 e. The molecule has 0 aliphatic heterocycles. The highest BCUT2D eigenvalue weighted by Crippen LogP contribution is 2.32. The van der Waals surface area contributed by atoms with Crippen molar-refractivity contribution in [3.8, 4) is 0 Å². The average molecular weight is 373 g/mol. The molecule has 8 heteroatoms. The van der Waals surface area contributed by atoms with E-state index in [4.69, 9.17) is 23.2 Å². The molecule has 0 amide bonds. The van der Waals surface area contributed by atoms with E-state index in [0.717, 1.165) is 6.07 Å². The molecule has 3 nitrogen and oxygen atoms in total. The van der Waals surface area contributed by atoms with Crippen molar-refractivity contribution in [1.29, 1.82) is 0 Å². The number of hydrogen-bond donors (Lipinski definition) is 0. The van der Waals surface area contributed by atoms with Crippen molar-refractivity contribution in [2.45, 2.75) is 19.5 Å². The molecule has 0 N–H and O–H groups in total. The first-order valence-electron chi connectivity index (χ1n) is 6.93. The van der Waals surface area contributed by atoms with Crippen molar-refractivity contribution < 1.29 is 13.2 Å². The second kappa shape index (κ2) is 5.93. The Bertz CT molecular complexity index is 912. The Morgan fingerprint density at radius 3 is 2.58 bits per heavy atom. The summed E-state index contributed by atoms with van der Waals surface area (Å²) in [6, 6.07) is 7.08. The lowest BCUT2D eigenvalue weighted by Gasteiger charge is -2.08. The summed E-state index contributed by atoms with van der Waals surface area (Å²) in [4.78, 5) is 8.13. The molecule has 1 radical (unpaired) electrons. The maximum absolute atomic E-state index is 13.0. The first kappa shape index (κ1) is 17.0. The number of aryl methyl sites for hydroxylation is 2. The first-order valence-corrected chi connectivity index (χ1v) is 7.68. The summed E-state index contributed by atoms with van der Waals surface area (Å²) in [7, 11) is 1.62. The van der Waals surface area contributed by atoms with Gasteiger partial charge in [0.05, 0.1) is 5.02 Å². The third kappa shape index (κ3) is 2.96. The maximum atomic E-state index is 13.0. The molecule has 0 fully saturated rings. The summed E-state index contributed by atoms with van der Waals surface area (Å²) in [5.74, 6) is 0.517. The van der Waals surface area contributed by atoms with Gasteiger partial charge in [0.25, 0.3) is 0 Å². The predicted octanol–water partition coefficient (Wildman–Crippen LogP) is 4.99. The summed E-state index contributed by atoms with van der Waals surface area (Å²) in [6.07, 6.45) is -4.24. The van der Waals surface area contributed by atoms with Crippen LogP contribution in [0.5, 0.6) is 0 Å². The number of alkyl halides is 3. The first-order chi connectivity index (χ1) is 11.2. The van der Waals surface area contributed by atoms with Crippen LogP contribution in [0, 0.1) is 13.0 Å². The van der Waals surface area contributed by atoms with Gasteiger partial charge in [-0.1, -0.05) is 29.3 Å². The van der Waals surface area contributed by atoms with Gasteiger partial charge in [0, 0.05) is 24.6 Å². The van der Waals surface area contributed by atoms with Crippen molar-refractivity contribution in [1.82, 2.24) is 14.5 Å². The highest BCUT2D eigenvalue weighted by atomic mass is 35.5. The number of imidazole rings is 1. The Labute approximate surface area is 146 Å². The van der Waals surface area contributed by atoms with Gasteiger partial charge in [-0.3, -0.25) is 0 Å². The van der Waals surface area contributed by atoms with Crippen LogP contribution in [-0.4, -0.2) is 14.5 Å². The molecule has 24 heavy (non-hydrogen) atoms. The lowest BCUT2D eigenvalue weighted by molar-refractivity contribution is -0.141. The zero-order chi connectivity index (χ0) is 17.6. The minimum absolute atomic E-state index is 0.171. The molecule has 0 saturated heterocycles. The van der Waals surface area contributed by atoms with Gasteiger partial charge in [-0.05, 0) is 30.2 Å². The highest BCUT2D eigenvalue weighted by molar-refractivity contribution is 6.35. The van der Waals surface area contributed by atoms with Crippen LogP contribution >= 0.6 is 23.2 Å². The summed E-state index contributed by atoms with van der Waals surface area (Å²) in [5, 5.41) is 0.807. The van der Waals surface area contributed by atoms with Crippen molar-refractivity contribution in [3.63, 3.8) is 0 Å². The van der Waals surface area contributed by atoms with Crippen LogP contribution in [0.1, 0.15) is 22.6 Å². The fourth-order valence-electron chi connectivity index (χ4n) is 2.45. The van der Waals surface area contributed by atoms with Crippen LogP contribution in [-0.2, 0) is 19.6 Å². The third-order valence-electron chi connectivity index (χ3n) is 3.73. The Morgan fingerprint density at radius 1 is 1.25 bits per heavy atom. The lowest BCUT2D eigenvalue weighted by Crippen LogP contribution is -2.09. The summed E-state index contributed by atoms with van der Waals surface area (Å²) in [6.45, 7) is 1.58. The smallest absolute Gasteiger partial charge is 0.316 e. The molecule has 0 spiro atoms. The molecule has 0 aliphatic rings. The molecular formula is C16H11Cl2F3N3. The molecule has 3 aromatic rings. The van der Waals surface area contributed by atoms with Gasteiger partial charge in [0.1, 0.15) is 17.0 Å². The number of halogens is 5. The Balaban J connectivity index is 2.14. The van der Waals surface area contributed by atoms with E-state index in [0.29, 0.717) is 32.5 Å². The molecule has 0 bridgehead atoms. The number of rotatable bonds is 2. The summed E-state index contributed by atoms with van der Waals surface area (Å²) >= 11 is 12.2. The van der Waals surface area contributed by atoms with Gasteiger partial charge < -0.3 is 4.57 Å². The van der Waals surface area contributed by atoms with Gasteiger partial charge in [0.2, 0.25) is 0 Å². The molecule has 2 aromatic heterocycles. The fourth-order valence-corrected chi connectivity index (χ4v) is 2.96. The maximum Gasteiger partial charge on any atom is 0.433 e. The minimum atomic E-state index is -4.51. The van der Waals surface area contributed by atoms with Crippen LogP contribution < -0.4 is 0 Å². The van der Waals surface area contributed by atoms with Crippen LogP contribution in [0.4, 0.5) is 13.2 Å². The Kier molecular flexibility index (Phi) is 4.21. The van der Waals surface area contributed by atoms with Gasteiger partial charge in [-0.2, -0.15) is 13.2 Å². The van der Waals surface area contributed by atoms with E-state index in [9.17, 15) is 13.2 Å². The molecule has 1 aromatic carbocycles. The quantitative estimate of drug-likeness (QED) is 0.634. The lowest BCUT2D eigenvalue weighted by atomic mass is 10.1. The summed E-state index contributed by atoms with van der Waals surface area (Å²) in [5.41, 5.74) is 0.683. The van der Waals surface area contributed by atoms with Gasteiger partial charge in [-0.15, -0.1) is 0 Å². The normalized spacial score (nSPS) is 12.1. The molecule has 0 unspecified atom stereocenters. The number of benzene rings is 1. The topological polar surface area (TPSA) is 30.7 Å². The second-order valence-corrected chi connectivity index (χ2v) is 6.16. The van der Waals surface area contributed by atoms with Crippen LogP contribution in [0.15, 0.2) is 18.2 Å². The largest absolute Gasteiger partial charge is 0.433 e. The Hall–Kier alpha value is -1.79. The van der Waals surface area contributed by atoms with E-state index in [-0.39, 0.29) is 12.1 Å². The highest BCUT2D eigenvalue weighted by Gasteiger charge is 2.33. The Morgan fingerprint density at radius 2 is 1.96 bits per heavy atom. The van der Waals surface area contributed by atoms with Crippen LogP contribution in [0.3, 0.4) is 0 Å². The van der Waals surface area contributed by atoms with Crippen LogP contribution in [0.25, 0.3) is 11.2 Å². The fraction of sp³-hybridized carbons (Fsp3) is 0.250. The molecule has 0 atom stereocenters. The molecule has 0 saturated carbocycles. The summed E-state index contributed by atoms with van der Waals surface area (Å²) < 4.78 is 40.4. The van der Waals surface area contributed by atoms with E-state index in [1.807, 2.05) is 0 Å². The number of nitrogens with zero attached hydrogens (tertiary/aromatic N) is 3. The van der Waals surface area contributed by atoms with E-state index in [1.54, 1.807) is 26.1 Å². The monoisotopic (exact) mass is 372 g/mol. The van der Waals surface area contributed by atoms with Gasteiger partial charge in [0.15, 0.2) is 5.65 Å². The van der Waals surface area contributed by atoms with Gasteiger partial charge >= 0.3 is 6.18 Å².